The number of hydrazine groups is 1. The van der Waals surface area contributed by atoms with E-state index >= 15 is 0 Å². The van der Waals surface area contributed by atoms with E-state index in [1.165, 1.54) is 31.4 Å². The number of carbonyl (C=O) groups excluding carboxylic acids is 1. The number of hydrogen-bond acceptors (Lipinski definition) is 7. The Morgan fingerprint density at radius 3 is 1.96 bits per heavy atom. The van der Waals surface area contributed by atoms with Crippen molar-refractivity contribution in [3.05, 3.63) is 60.0 Å². The maximum absolute atomic E-state index is 12.2. The zero-order valence-corrected chi connectivity index (χ0v) is 14.1. The maximum Gasteiger partial charge on any atom is 0.573 e. The molecule has 144 valence electrons. The van der Waals surface area contributed by atoms with Gasteiger partial charge in [0.1, 0.15) is 11.6 Å². The average molecular weight is 382 g/mol. The second-order valence-electron chi connectivity index (χ2n) is 5.20. The third kappa shape index (κ3) is 5.54. The van der Waals surface area contributed by atoms with Crippen molar-refractivity contribution in [2.45, 2.75) is 6.36 Å². The summed E-state index contributed by atoms with van der Waals surface area (Å²) in [4.78, 5) is 11.5. The van der Waals surface area contributed by atoms with Crippen LogP contribution in [0.3, 0.4) is 0 Å². The van der Waals surface area contributed by atoms with Crippen LogP contribution in [0.25, 0.3) is 11.1 Å². The van der Waals surface area contributed by atoms with Crippen molar-refractivity contribution in [1.29, 1.82) is 0 Å². The van der Waals surface area contributed by atoms with Gasteiger partial charge in [-0.1, -0.05) is 24.3 Å². The van der Waals surface area contributed by atoms with E-state index in [-0.39, 0.29) is 17.3 Å². The van der Waals surface area contributed by atoms with Crippen LogP contribution < -0.4 is 27.1 Å². The molecule has 0 unspecified atom stereocenters. The first kappa shape index (κ1) is 19.9. The second kappa shape index (κ2) is 8.32. The smallest absolute Gasteiger partial charge is 0.464 e. The number of hydrogen-bond donors (Lipinski definition) is 4. The minimum Gasteiger partial charge on any atom is -0.464 e. The lowest BCUT2D eigenvalue weighted by Gasteiger charge is -2.12. The van der Waals surface area contributed by atoms with Gasteiger partial charge in [-0.3, -0.25) is 5.84 Å². The van der Waals surface area contributed by atoms with Crippen molar-refractivity contribution < 1.29 is 27.4 Å². The number of halogens is 3. The molecule has 0 fully saturated rings. The van der Waals surface area contributed by atoms with Gasteiger partial charge in [0, 0.05) is 5.69 Å². The highest BCUT2D eigenvalue weighted by Crippen LogP contribution is 2.27. The zero-order chi connectivity index (χ0) is 20.0. The molecule has 0 aromatic heterocycles. The van der Waals surface area contributed by atoms with Crippen LogP contribution >= 0.6 is 0 Å². The summed E-state index contributed by atoms with van der Waals surface area (Å²) in [5.74, 6) is 4.17. The number of alkyl halides is 3. The number of anilines is 1. The number of methoxy groups -OCH3 is 1. The molecule has 0 bridgehead atoms. The molecule has 0 saturated carbocycles. The molecule has 0 spiro atoms. The summed E-state index contributed by atoms with van der Waals surface area (Å²) >= 11 is 0. The fraction of sp³-hybridized carbons (Fsp3) is 0.118. The van der Waals surface area contributed by atoms with Crippen molar-refractivity contribution in [3.63, 3.8) is 0 Å². The lowest BCUT2D eigenvalue weighted by molar-refractivity contribution is -0.274. The van der Waals surface area contributed by atoms with Crippen LogP contribution in [0.4, 0.5) is 18.9 Å². The second-order valence-corrected chi connectivity index (χ2v) is 5.20. The first-order chi connectivity index (χ1) is 12.7. The normalized spacial score (nSPS) is 12.0. The third-order valence-corrected chi connectivity index (χ3v) is 3.39. The van der Waals surface area contributed by atoms with E-state index < -0.39 is 12.3 Å². The standard InChI is InChI=1S/C17H17F3N4O3/c1-26-16(25)14(24-22)15(21)23-12-6-2-10(3-7-12)11-4-8-13(9-5-11)27-17(18,19)20/h2-9,23-24H,21-22H2,1H3/b15-14+. The fourth-order valence-corrected chi connectivity index (χ4v) is 2.16. The Labute approximate surface area is 152 Å². The van der Waals surface area contributed by atoms with Gasteiger partial charge < -0.3 is 25.9 Å². The van der Waals surface area contributed by atoms with E-state index in [1.807, 2.05) is 0 Å². The van der Waals surface area contributed by atoms with Gasteiger partial charge >= 0.3 is 12.3 Å². The molecule has 2 aromatic carbocycles. The number of rotatable bonds is 6. The predicted octanol–water partition coefficient (Wildman–Crippen LogP) is 2.43. The van der Waals surface area contributed by atoms with Gasteiger partial charge in [-0.15, -0.1) is 13.2 Å². The molecule has 0 radical (unpaired) electrons. The van der Waals surface area contributed by atoms with Crippen LogP contribution in [0.1, 0.15) is 0 Å². The predicted molar refractivity (Wildman–Crippen MR) is 92.7 cm³/mol. The Hall–Kier alpha value is -3.40. The largest absolute Gasteiger partial charge is 0.573 e. The summed E-state index contributed by atoms with van der Waals surface area (Å²) in [5, 5.41) is 2.79. The molecule has 0 heterocycles. The van der Waals surface area contributed by atoms with Crippen molar-refractivity contribution in [2.75, 3.05) is 12.4 Å². The minimum atomic E-state index is -4.73. The summed E-state index contributed by atoms with van der Waals surface area (Å²) in [6.45, 7) is 0. The molecule has 27 heavy (non-hydrogen) atoms. The molecule has 0 amide bonds. The van der Waals surface area contributed by atoms with Crippen LogP contribution in [0.15, 0.2) is 60.0 Å². The molecule has 0 saturated heterocycles. The molecule has 0 atom stereocenters. The molecule has 2 rings (SSSR count). The topological polar surface area (TPSA) is 112 Å². The number of carbonyl (C=O) groups is 1. The number of benzene rings is 2. The van der Waals surface area contributed by atoms with E-state index in [2.05, 4.69) is 20.2 Å². The van der Waals surface area contributed by atoms with Crippen LogP contribution in [-0.4, -0.2) is 19.4 Å². The van der Waals surface area contributed by atoms with Gasteiger partial charge in [0.05, 0.1) is 7.11 Å². The summed E-state index contributed by atoms with van der Waals surface area (Å²) in [7, 11) is 1.19. The molecule has 0 aliphatic carbocycles. The Kier molecular flexibility index (Phi) is 6.14. The van der Waals surface area contributed by atoms with E-state index in [0.29, 0.717) is 11.3 Å². The quantitative estimate of drug-likeness (QED) is 0.263. The molecule has 6 N–H and O–H groups in total. The Bertz CT molecular complexity index is 819. The highest BCUT2D eigenvalue weighted by molar-refractivity contribution is 5.89. The van der Waals surface area contributed by atoms with Crippen molar-refractivity contribution in [1.82, 2.24) is 5.43 Å². The molecule has 2 aromatic rings. The van der Waals surface area contributed by atoms with Crippen LogP contribution in [0, 0.1) is 0 Å². The van der Waals surface area contributed by atoms with E-state index in [1.54, 1.807) is 24.3 Å². The summed E-state index contributed by atoms with van der Waals surface area (Å²) in [6, 6.07) is 12.3. The monoisotopic (exact) mass is 382 g/mol. The Balaban J connectivity index is 2.13. The molecular formula is C17H17F3N4O3. The number of nitrogens with one attached hydrogen (secondary N) is 2. The maximum atomic E-state index is 12.2. The number of ether oxygens (including phenoxy) is 2. The van der Waals surface area contributed by atoms with E-state index in [0.717, 1.165) is 5.56 Å². The van der Waals surface area contributed by atoms with Crippen LogP contribution in [0.2, 0.25) is 0 Å². The average Bonchev–Trinajstić information content (AvgIpc) is 2.62. The lowest BCUT2D eigenvalue weighted by Crippen LogP contribution is -2.33. The highest BCUT2D eigenvalue weighted by atomic mass is 19.4. The van der Waals surface area contributed by atoms with Gasteiger partial charge in [0.2, 0.25) is 0 Å². The number of esters is 1. The first-order valence-corrected chi connectivity index (χ1v) is 7.51. The molecule has 0 aliphatic heterocycles. The van der Waals surface area contributed by atoms with Crippen molar-refractivity contribution in [2.24, 2.45) is 11.6 Å². The summed E-state index contributed by atoms with van der Waals surface area (Å²) in [5.41, 5.74) is 9.80. The number of nitrogens with two attached hydrogens (primary N) is 2. The van der Waals surface area contributed by atoms with Crippen molar-refractivity contribution >= 4 is 11.7 Å². The summed E-state index contributed by atoms with van der Waals surface area (Å²) < 4.78 is 44.9. The Morgan fingerprint density at radius 1 is 1.00 bits per heavy atom. The first-order valence-electron chi connectivity index (χ1n) is 7.51. The highest BCUT2D eigenvalue weighted by Gasteiger charge is 2.30. The van der Waals surface area contributed by atoms with Crippen molar-refractivity contribution in [3.8, 4) is 16.9 Å². The van der Waals surface area contributed by atoms with E-state index in [9.17, 15) is 18.0 Å². The summed E-state index contributed by atoms with van der Waals surface area (Å²) in [6.07, 6.45) is -4.73. The van der Waals surface area contributed by atoms with E-state index in [4.69, 9.17) is 11.6 Å². The van der Waals surface area contributed by atoms with Gasteiger partial charge in [0.15, 0.2) is 5.70 Å². The molecule has 0 aliphatic rings. The van der Waals surface area contributed by atoms with Crippen LogP contribution in [-0.2, 0) is 9.53 Å². The molecular weight excluding hydrogens is 365 g/mol. The van der Waals surface area contributed by atoms with Gasteiger partial charge in [0.25, 0.3) is 0 Å². The molecule has 7 nitrogen and oxygen atoms in total. The SMILES string of the molecule is COC(=O)/C(NN)=C(/N)Nc1ccc(-c2ccc(OC(F)(F)F)cc2)cc1. The zero-order valence-electron chi connectivity index (χ0n) is 14.1. The third-order valence-electron chi connectivity index (χ3n) is 3.39. The molecule has 10 heteroatoms. The van der Waals surface area contributed by atoms with Gasteiger partial charge in [-0.05, 0) is 35.4 Å². The van der Waals surface area contributed by atoms with Gasteiger partial charge in [-0.2, -0.15) is 0 Å². The minimum absolute atomic E-state index is 0.0363. The van der Waals surface area contributed by atoms with Gasteiger partial charge in [-0.25, -0.2) is 4.79 Å². The lowest BCUT2D eigenvalue weighted by atomic mass is 10.1. The fourth-order valence-electron chi connectivity index (χ4n) is 2.16. The Morgan fingerprint density at radius 2 is 1.52 bits per heavy atom. The van der Waals surface area contributed by atoms with Crippen LogP contribution in [0.5, 0.6) is 5.75 Å².